The van der Waals surface area contributed by atoms with Crippen molar-refractivity contribution in [1.29, 1.82) is 0 Å². The fourth-order valence-corrected chi connectivity index (χ4v) is 3.16. The van der Waals surface area contributed by atoms with E-state index in [1.165, 1.54) is 0 Å². The van der Waals surface area contributed by atoms with Crippen LogP contribution in [0.2, 0.25) is 0 Å². The van der Waals surface area contributed by atoms with Gasteiger partial charge in [-0.15, -0.1) is 0 Å². The Morgan fingerprint density at radius 3 is 2.21 bits per heavy atom. The van der Waals surface area contributed by atoms with E-state index in [1.54, 1.807) is 24.1 Å². The molecule has 0 radical (unpaired) electrons. The Hall–Kier alpha value is -2.54. The zero-order chi connectivity index (χ0) is 21.2. The van der Waals surface area contributed by atoms with Gasteiger partial charge in [-0.25, -0.2) is 0 Å². The number of amides is 2. The van der Waals surface area contributed by atoms with E-state index < -0.39 is 6.04 Å². The number of halogens is 1. The van der Waals surface area contributed by atoms with Crippen LogP contribution in [0.5, 0.6) is 11.5 Å². The lowest BCUT2D eigenvalue weighted by Crippen LogP contribution is -2.50. The normalized spacial score (nSPS) is 11.4. The van der Waals surface area contributed by atoms with Gasteiger partial charge in [0.15, 0.2) is 6.61 Å². The van der Waals surface area contributed by atoms with Gasteiger partial charge in [-0.3, -0.25) is 9.59 Å². The molecule has 2 aromatic carbocycles. The second kappa shape index (κ2) is 11.5. The molecule has 1 N–H and O–H groups in total. The molecule has 0 aromatic heterocycles. The van der Waals surface area contributed by atoms with Crippen molar-refractivity contribution in [1.82, 2.24) is 10.2 Å². The van der Waals surface area contributed by atoms with E-state index in [2.05, 4.69) is 21.2 Å². The maximum absolute atomic E-state index is 13.0. The largest absolute Gasteiger partial charge is 0.497 e. The highest BCUT2D eigenvalue weighted by atomic mass is 79.9. The lowest BCUT2D eigenvalue weighted by Gasteiger charge is -2.30. The number of rotatable bonds is 10. The van der Waals surface area contributed by atoms with E-state index in [0.29, 0.717) is 25.3 Å². The molecule has 0 spiro atoms. The number of hydrogen-bond acceptors (Lipinski definition) is 4. The third-order valence-electron chi connectivity index (χ3n) is 4.42. The average molecular weight is 463 g/mol. The summed E-state index contributed by atoms with van der Waals surface area (Å²) in [5.41, 5.74) is 0.908. The fourth-order valence-electron chi connectivity index (χ4n) is 2.90. The lowest BCUT2D eigenvalue weighted by molar-refractivity contribution is -0.142. The highest BCUT2D eigenvalue weighted by Crippen LogP contribution is 2.18. The molecule has 0 saturated heterocycles. The van der Waals surface area contributed by atoms with Crippen LogP contribution in [0.4, 0.5) is 0 Å². The Balaban J connectivity index is 2.17. The zero-order valence-electron chi connectivity index (χ0n) is 17.0. The number of benzene rings is 2. The van der Waals surface area contributed by atoms with E-state index in [9.17, 15) is 9.59 Å². The standard InChI is InChI=1S/C22H27BrN2O4/c1-4-20(22(27)24-5-2)25(14-16-6-10-18(28-3)11-7-16)21(26)15-29-19-12-8-17(23)9-13-19/h6-13,20H,4-5,14-15H2,1-3H3,(H,24,27)/t20-/m1/s1. The Morgan fingerprint density at radius 1 is 1.03 bits per heavy atom. The highest BCUT2D eigenvalue weighted by Gasteiger charge is 2.28. The summed E-state index contributed by atoms with van der Waals surface area (Å²) in [5.74, 6) is 0.917. The van der Waals surface area contributed by atoms with Gasteiger partial charge in [-0.2, -0.15) is 0 Å². The van der Waals surface area contributed by atoms with E-state index in [4.69, 9.17) is 9.47 Å². The topological polar surface area (TPSA) is 67.9 Å². The minimum atomic E-state index is -0.571. The predicted octanol–water partition coefficient (Wildman–Crippen LogP) is 3.78. The molecule has 2 amide bonds. The smallest absolute Gasteiger partial charge is 0.261 e. The van der Waals surface area contributed by atoms with Crippen LogP contribution in [-0.4, -0.2) is 43.0 Å². The third kappa shape index (κ3) is 6.78. The molecule has 2 aromatic rings. The summed E-state index contributed by atoms with van der Waals surface area (Å²) in [6.07, 6.45) is 0.506. The van der Waals surface area contributed by atoms with E-state index in [0.717, 1.165) is 15.8 Å². The minimum Gasteiger partial charge on any atom is -0.497 e. The first-order chi connectivity index (χ1) is 14.0. The molecule has 29 heavy (non-hydrogen) atoms. The first-order valence-corrected chi connectivity index (χ1v) is 10.4. The maximum Gasteiger partial charge on any atom is 0.261 e. The zero-order valence-corrected chi connectivity index (χ0v) is 18.6. The van der Waals surface area contributed by atoms with Crippen molar-refractivity contribution < 1.29 is 19.1 Å². The van der Waals surface area contributed by atoms with Crippen LogP contribution in [0, 0.1) is 0 Å². The quantitative estimate of drug-likeness (QED) is 0.583. The molecule has 0 heterocycles. The second-order valence-electron chi connectivity index (χ2n) is 6.43. The Kier molecular flexibility index (Phi) is 8.99. The molecule has 0 saturated carbocycles. The fraction of sp³-hybridized carbons (Fsp3) is 0.364. The van der Waals surface area contributed by atoms with Gasteiger partial charge in [0.2, 0.25) is 5.91 Å². The van der Waals surface area contributed by atoms with Gasteiger partial charge in [0.05, 0.1) is 7.11 Å². The molecule has 0 aliphatic carbocycles. The number of carbonyl (C=O) groups excluding carboxylic acids is 2. The van der Waals surface area contributed by atoms with Crippen molar-refractivity contribution in [2.75, 3.05) is 20.3 Å². The van der Waals surface area contributed by atoms with Crippen LogP contribution in [0.25, 0.3) is 0 Å². The highest BCUT2D eigenvalue weighted by molar-refractivity contribution is 9.10. The number of likely N-dealkylation sites (N-methyl/N-ethyl adjacent to an activating group) is 1. The van der Waals surface area contributed by atoms with Crippen LogP contribution >= 0.6 is 15.9 Å². The molecule has 1 atom stereocenters. The summed E-state index contributed by atoms with van der Waals surface area (Å²) in [6, 6.07) is 14.1. The summed E-state index contributed by atoms with van der Waals surface area (Å²) >= 11 is 3.37. The average Bonchev–Trinajstić information content (AvgIpc) is 2.73. The van der Waals surface area contributed by atoms with Crippen molar-refractivity contribution in [3.63, 3.8) is 0 Å². The van der Waals surface area contributed by atoms with Gasteiger partial charge >= 0.3 is 0 Å². The Bertz CT molecular complexity index is 793. The van der Waals surface area contributed by atoms with Crippen molar-refractivity contribution in [3.8, 4) is 11.5 Å². The van der Waals surface area contributed by atoms with Gasteiger partial charge in [-0.05, 0) is 55.3 Å². The number of methoxy groups -OCH3 is 1. The summed E-state index contributed by atoms with van der Waals surface area (Å²) in [6.45, 7) is 4.42. The first-order valence-electron chi connectivity index (χ1n) is 9.56. The number of hydrogen-bond donors (Lipinski definition) is 1. The lowest BCUT2D eigenvalue weighted by atomic mass is 10.1. The molecule has 6 nitrogen and oxygen atoms in total. The molecule has 0 unspecified atom stereocenters. The van der Waals surface area contributed by atoms with E-state index >= 15 is 0 Å². The van der Waals surface area contributed by atoms with Crippen molar-refractivity contribution in [3.05, 3.63) is 58.6 Å². The molecule has 0 bridgehead atoms. The van der Waals surface area contributed by atoms with Crippen LogP contribution in [0.15, 0.2) is 53.0 Å². The minimum absolute atomic E-state index is 0.145. The number of nitrogens with one attached hydrogen (secondary N) is 1. The summed E-state index contributed by atoms with van der Waals surface area (Å²) in [7, 11) is 1.60. The number of ether oxygens (including phenoxy) is 2. The van der Waals surface area contributed by atoms with Crippen LogP contribution < -0.4 is 14.8 Å². The monoisotopic (exact) mass is 462 g/mol. The molecular formula is C22H27BrN2O4. The van der Waals surface area contributed by atoms with Gasteiger partial charge in [-0.1, -0.05) is 35.0 Å². The first kappa shape index (κ1) is 22.7. The molecule has 156 valence electrons. The van der Waals surface area contributed by atoms with Gasteiger partial charge in [0, 0.05) is 17.6 Å². The van der Waals surface area contributed by atoms with E-state index in [1.807, 2.05) is 50.2 Å². The van der Waals surface area contributed by atoms with Gasteiger partial charge < -0.3 is 19.7 Å². The SMILES string of the molecule is CCNC(=O)[C@@H](CC)N(Cc1ccc(OC)cc1)C(=O)COc1ccc(Br)cc1. The van der Waals surface area contributed by atoms with Crippen molar-refractivity contribution >= 4 is 27.7 Å². The Morgan fingerprint density at radius 2 is 1.66 bits per heavy atom. The van der Waals surface area contributed by atoms with Crippen LogP contribution in [0.3, 0.4) is 0 Å². The maximum atomic E-state index is 13.0. The van der Waals surface area contributed by atoms with E-state index in [-0.39, 0.29) is 18.4 Å². The summed E-state index contributed by atoms with van der Waals surface area (Å²) in [4.78, 5) is 27.1. The third-order valence-corrected chi connectivity index (χ3v) is 4.95. The van der Waals surface area contributed by atoms with Gasteiger partial charge in [0.1, 0.15) is 17.5 Å². The molecule has 2 rings (SSSR count). The predicted molar refractivity (Wildman–Crippen MR) is 116 cm³/mol. The van der Waals surface area contributed by atoms with Crippen LogP contribution in [-0.2, 0) is 16.1 Å². The van der Waals surface area contributed by atoms with Crippen molar-refractivity contribution in [2.45, 2.75) is 32.9 Å². The summed E-state index contributed by atoms with van der Waals surface area (Å²) < 4.78 is 11.8. The molecular weight excluding hydrogens is 436 g/mol. The van der Waals surface area contributed by atoms with Crippen LogP contribution in [0.1, 0.15) is 25.8 Å². The Labute approximate surface area is 180 Å². The molecule has 0 aliphatic heterocycles. The van der Waals surface area contributed by atoms with Gasteiger partial charge in [0.25, 0.3) is 5.91 Å². The number of nitrogens with zero attached hydrogens (tertiary/aromatic N) is 1. The molecule has 0 fully saturated rings. The molecule has 7 heteroatoms. The second-order valence-corrected chi connectivity index (χ2v) is 7.35. The van der Waals surface area contributed by atoms with Crippen molar-refractivity contribution in [2.24, 2.45) is 0 Å². The summed E-state index contributed by atoms with van der Waals surface area (Å²) in [5, 5.41) is 2.82. The number of carbonyl (C=O) groups is 2. The molecule has 0 aliphatic rings.